The van der Waals surface area contributed by atoms with E-state index in [2.05, 4.69) is 162 Å². The van der Waals surface area contributed by atoms with E-state index in [1.54, 1.807) is 46.7 Å². The molecule has 620 valence electrons. The SMILES string of the molecule is CN(C)CCn1ccc2cc(Nc3ncc4c(=O)n5n(c4n3)-c3cccc(n3)C(C)(C)OCCC=CC5)ccc21.CN(C)CCn1ccc2cc(Nc3ncc4c(=O)n5n(c4n3)-c3cccc(n3)C(C)(C)OCCCC=CC5)ccc21.CN1CCN(c2ccc(Nc3ncc4c(=O)n5n(c4n3)-c3cccc(n3)C(C)(C)OCCC=CC5)cc2)CC1. The van der Waals surface area contributed by atoms with Gasteiger partial charge in [-0.1, -0.05) is 54.7 Å². The Morgan fingerprint density at radius 1 is 0.417 bits per heavy atom. The first-order valence-electron chi connectivity index (χ1n) is 41.1. The molecule has 6 bridgehead atoms. The summed E-state index contributed by atoms with van der Waals surface area (Å²) in [7, 11) is 10.5. The van der Waals surface area contributed by atoms with Crippen molar-refractivity contribution < 1.29 is 14.2 Å². The van der Waals surface area contributed by atoms with Crippen LogP contribution in [0.2, 0.25) is 0 Å². The molecule has 3 N–H and O–H groups in total. The Hall–Kier alpha value is -12.6. The van der Waals surface area contributed by atoms with Crippen molar-refractivity contribution in [2.75, 3.05) is 115 Å². The molecule has 4 aliphatic heterocycles. The van der Waals surface area contributed by atoms with Crippen LogP contribution in [0.4, 0.5) is 40.6 Å². The second-order valence-corrected chi connectivity index (χ2v) is 32.6. The van der Waals surface area contributed by atoms with E-state index in [4.69, 9.17) is 44.1 Å². The Morgan fingerprint density at radius 2 is 0.792 bits per heavy atom. The van der Waals surface area contributed by atoms with Crippen LogP contribution in [0.25, 0.3) is 72.4 Å². The molecule has 0 radical (unpaired) electrons. The molecule has 15 heterocycles. The average molecular weight is 1620 g/mol. The van der Waals surface area contributed by atoms with Crippen LogP contribution in [-0.2, 0) is 63.7 Å². The number of fused-ring (bicyclic) bond motifs is 20. The van der Waals surface area contributed by atoms with Crippen LogP contribution < -0.4 is 37.5 Å². The zero-order chi connectivity index (χ0) is 83.4. The smallest absolute Gasteiger partial charge is 0.278 e. The monoisotopic (exact) mass is 1620 g/mol. The summed E-state index contributed by atoms with van der Waals surface area (Å²) in [5, 5.41) is 13.6. The average Bonchev–Trinajstić information content (AvgIpc) is 1.60. The molecular formula is C90H104N24O6. The van der Waals surface area contributed by atoms with Gasteiger partial charge >= 0.3 is 0 Å². The summed E-state index contributed by atoms with van der Waals surface area (Å²) in [5.74, 6) is 3.03. The first kappa shape index (κ1) is 81.2. The van der Waals surface area contributed by atoms with Gasteiger partial charge in [0.25, 0.3) is 16.7 Å². The van der Waals surface area contributed by atoms with Crippen molar-refractivity contribution in [2.45, 2.75) is 117 Å². The number of nitrogens with zero attached hydrogens (tertiary/aromatic N) is 21. The molecule has 14 aromatic rings. The van der Waals surface area contributed by atoms with E-state index < -0.39 is 16.8 Å². The van der Waals surface area contributed by atoms with E-state index in [1.165, 1.54) is 16.7 Å². The van der Waals surface area contributed by atoms with Crippen LogP contribution in [0.5, 0.6) is 0 Å². The van der Waals surface area contributed by atoms with Gasteiger partial charge in [-0.3, -0.25) is 14.4 Å². The molecule has 0 unspecified atom stereocenters. The highest BCUT2D eigenvalue weighted by atomic mass is 16.5. The lowest BCUT2D eigenvalue weighted by Crippen LogP contribution is -2.44. The van der Waals surface area contributed by atoms with E-state index in [0.717, 1.165) is 123 Å². The Kier molecular flexibility index (Phi) is 23.5. The van der Waals surface area contributed by atoms with Crippen molar-refractivity contribution in [1.82, 2.24) is 96.8 Å². The van der Waals surface area contributed by atoms with E-state index >= 15 is 0 Å². The number of rotatable bonds is 13. The molecule has 0 spiro atoms. The zero-order valence-corrected chi connectivity index (χ0v) is 70.0. The molecular weight excluding hydrogens is 1510 g/mol. The lowest BCUT2D eigenvalue weighted by atomic mass is 10.0. The van der Waals surface area contributed by atoms with Crippen LogP contribution in [0.1, 0.15) is 84.3 Å². The quantitative estimate of drug-likeness (QED) is 0.0904. The molecule has 0 atom stereocenters. The van der Waals surface area contributed by atoms with Crippen molar-refractivity contribution in [3.63, 3.8) is 0 Å². The second kappa shape index (κ2) is 34.8. The summed E-state index contributed by atoms with van der Waals surface area (Å²) in [6.07, 6.45) is 24.4. The largest absolute Gasteiger partial charge is 0.369 e. The van der Waals surface area contributed by atoms with Gasteiger partial charge in [-0.15, -0.1) is 0 Å². The predicted octanol–water partition coefficient (Wildman–Crippen LogP) is 13.0. The number of hydrogen-bond acceptors (Lipinski definition) is 22. The molecule has 1 fully saturated rings. The Balaban J connectivity index is 0.000000134. The minimum atomic E-state index is -0.580. The van der Waals surface area contributed by atoms with Crippen molar-refractivity contribution >= 4 is 95.5 Å². The molecule has 30 nitrogen and oxygen atoms in total. The summed E-state index contributed by atoms with van der Waals surface area (Å²) in [6.45, 7) is 23.0. The lowest BCUT2D eigenvalue weighted by molar-refractivity contribution is -0.0256. The molecule has 0 amide bonds. The minimum Gasteiger partial charge on any atom is -0.369 e. The number of hydrogen-bond donors (Lipinski definition) is 3. The van der Waals surface area contributed by atoms with Crippen molar-refractivity contribution in [2.24, 2.45) is 0 Å². The maximum absolute atomic E-state index is 13.5. The maximum Gasteiger partial charge on any atom is 0.278 e. The fourth-order valence-corrected chi connectivity index (χ4v) is 15.2. The molecule has 4 aliphatic rings. The van der Waals surface area contributed by atoms with E-state index in [0.29, 0.717) is 108 Å². The van der Waals surface area contributed by atoms with Crippen LogP contribution in [0.3, 0.4) is 0 Å². The highest BCUT2D eigenvalue weighted by Gasteiger charge is 2.30. The van der Waals surface area contributed by atoms with Gasteiger partial charge in [0.1, 0.15) is 33.0 Å². The van der Waals surface area contributed by atoms with Gasteiger partial charge in [0.2, 0.25) is 17.8 Å². The van der Waals surface area contributed by atoms with Crippen molar-refractivity contribution in [1.29, 1.82) is 0 Å². The number of aromatic nitrogens is 17. The third-order valence-corrected chi connectivity index (χ3v) is 22.2. The van der Waals surface area contributed by atoms with E-state index in [9.17, 15) is 14.4 Å². The number of allylic oxidation sites excluding steroid dienone is 4. The van der Waals surface area contributed by atoms with Crippen LogP contribution in [0, 0.1) is 0 Å². The number of piperazine rings is 1. The van der Waals surface area contributed by atoms with Gasteiger partial charge in [-0.2, -0.15) is 15.0 Å². The number of ether oxygens (including phenoxy) is 3. The Morgan fingerprint density at radius 3 is 1.19 bits per heavy atom. The second-order valence-electron chi connectivity index (χ2n) is 32.6. The Labute approximate surface area is 695 Å². The molecule has 18 rings (SSSR count). The molecule has 0 saturated carbocycles. The van der Waals surface area contributed by atoms with E-state index in [-0.39, 0.29) is 16.7 Å². The van der Waals surface area contributed by atoms with Gasteiger partial charge in [-0.25, -0.2) is 58.0 Å². The molecule has 0 aliphatic carbocycles. The third-order valence-electron chi connectivity index (χ3n) is 22.2. The predicted molar refractivity (Wildman–Crippen MR) is 473 cm³/mol. The fourth-order valence-electron chi connectivity index (χ4n) is 15.2. The summed E-state index contributed by atoms with van der Waals surface area (Å²) in [5.41, 5.74) is 7.83. The zero-order valence-electron chi connectivity index (χ0n) is 70.0. The van der Waals surface area contributed by atoms with Gasteiger partial charge in [0, 0.05) is 135 Å². The van der Waals surface area contributed by atoms with Gasteiger partial charge in [0.15, 0.2) is 34.4 Å². The molecule has 11 aromatic heterocycles. The molecule has 1 saturated heterocycles. The first-order valence-corrected chi connectivity index (χ1v) is 41.1. The van der Waals surface area contributed by atoms with Gasteiger partial charge in [0.05, 0.1) is 49.9 Å². The summed E-state index contributed by atoms with van der Waals surface area (Å²) >= 11 is 0. The topological polar surface area (TPSA) is 283 Å². The van der Waals surface area contributed by atoms with Crippen LogP contribution in [-0.4, -0.2) is 191 Å². The summed E-state index contributed by atoms with van der Waals surface area (Å²) in [6, 6.07) is 42.3. The fraction of sp³-hybridized carbons (Fsp3) is 0.356. The number of anilines is 7. The number of benzene rings is 3. The summed E-state index contributed by atoms with van der Waals surface area (Å²) < 4.78 is 33.3. The van der Waals surface area contributed by atoms with Crippen molar-refractivity contribution in [3.05, 3.63) is 243 Å². The van der Waals surface area contributed by atoms with Gasteiger partial charge < -0.3 is 58.9 Å². The summed E-state index contributed by atoms with van der Waals surface area (Å²) in [4.78, 5) is 92.2. The van der Waals surface area contributed by atoms with Crippen LogP contribution >= 0.6 is 0 Å². The van der Waals surface area contributed by atoms with Crippen LogP contribution in [0.15, 0.2) is 209 Å². The highest BCUT2D eigenvalue weighted by Crippen LogP contribution is 2.33. The van der Waals surface area contributed by atoms with E-state index in [1.807, 2.05) is 151 Å². The standard InChI is InChI=1S/C31H36N8O2.C30H34N8O2.C29H34N8O2/c1-31(2)26-10-9-11-27(34-26)39-28-24(29(40)38(39)15-7-5-6-8-19-41-31)21-32-30(35-28)33-23-12-13-25-22(20-23)14-16-37(25)18-17-36(3)4;1-30(2)25-9-8-10-26(33-25)38-27-23(28(39)37(38)14-6-5-7-18-40-30)20-31-29(34-27)32-22-11-12-24-21(19-22)13-15-36(24)17-16-35(3)4;1-29(2)24-8-7-9-25(32-24)37-26-23(27(38)36(37)14-5-4-6-19-39-29)20-30-28(33-26)31-21-10-12-22(13-11-21)35-17-15-34(3)16-18-35/h5,7,9-14,16,20-21H,6,8,15,17-19H2,1-4H3,(H,32,33,35);5-6,8-13,15,19-20H,7,14,16-18H2,1-4H3,(H,31,32,34);4-5,7-13,20H,6,14-19H2,1-3H3,(H,30,31,33). The van der Waals surface area contributed by atoms with Gasteiger partial charge in [-0.05, 0) is 212 Å². The highest BCUT2D eigenvalue weighted by molar-refractivity contribution is 5.87. The number of pyridine rings is 3. The molecule has 3 aromatic carbocycles. The first-order chi connectivity index (χ1) is 58.0. The normalized spacial score (nSPS) is 16.2. The third kappa shape index (κ3) is 17.6. The number of nitrogens with one attached hydrogen (secondary N) is 3. The molecule has 120 heavy (non-hydrogen) atoms. The number of likely N-dealkylation sites (N-methyl/N-ethyl adjacent to an activating group) is 3. The molecule has 30 heteroatoms. The van der Waals surface area contributed by atoms with Crippen molar-refractivity contribution in [3.8, 4) is 17.5 Å². The lowest BCUT2D eigenvalue weighted by Gasteiger charge is -2.34. The maximum atomic E-state index is 13.5. The minimum absolute atomic E-state index is 0.155. The Bertz CT molecular complexity index is 6340.